The highest BCUT2D eigenvalue weighted by atomic mass is 127. The first-order valence-corrected chi connectivity index (χ1v) is 8.13. The summed E-state index contributed by atoms with van der Waals surface area (Å²) < 4.78 is 22.9. The van der Waals surface area contributed by atoms with Crippen LogP contribution in [-0.4, -0.2) is 25.5 Å². The van der Waals surface area contributed by atoms with Gasteiger partial charge in [0.2, 0.25) is 0 Å². The molecule has 1 aromatic rings. The fourth-order valence-electron chi connectivity index (χ4n) is 1.39. The summed E-state index contributed by atoms with van der Waals surface area (Å²) >= 11 is 2.20. The predicted octanol–water partition coefficient (Wildman–Crippen LogP) is 2.15. The first-order valence-electron chi connectivity index (χ1n) is 5.00. The van der Waals surface area contributed by atoms with E-state index in [1.54, 1.807) is 0 Å². The van der Waals surface area contributed by atoms with Crippen LogP contribution in [0.5, 0.6) is 0 Å². The zero-order valence-electron chi connectivity index (χ0n) is 9.06. The van der Waals surface area contributed by atoms with Crippen LogP contribution in [0.2, 0.25) is 0 Å². The van der Waals surface area contributed by atoms with Gasteiger partial charge in [-0.1, -0.05) is 12.1 Å². The van der Waals surface area contributed by atoms with Gasteiger partial charge in [-0.25, -0.2) is 8.42 Å². The quantitative estimate of drug-likeness (QED) is 0.825. The molecule has 90 valence electrons. The molecule has 0 aliphatic carbocycles. The topological polar surface area (TPSA) is 54.4 Å². The lowest BCUT2D eigenvalue weighted by atomic mass is 10.1. The fourth-order valence-corrected chi connectivity index (χ4v) is 2.44. The summed E-state index contributed by atoms with van der Waals surface area (Å²) in [5.41, 5.74) is 0.842. The van der Waals surface area contributed by atoms with Crippen LogP contribution in [0.15, 0.2) is 24.3 Å². The first kappa shape index (κ1) is 13.9. The van der Waals surface area contributed by atoms with Crippen molar-refractivity contribution in [2.45, 2.75) is 18.9 Å². The number of halogens is 1. The summed E-state index contributed by atoms with van der Waals surface area (Å²) in [5, 5.41) is 9.81. The third kappa shape index (κ3) is 5.27. The molecule has 0 saturated carbocycles. The van der Waals surface area contributed by atoms with Crippen LogP contribution >= 0.6 is 22.6 Å². The number of benzene rings is 1. The SMILES string of the molecule is CS(=O)(=O)CCCC(O)c1ccc(I)cc1. The average molecular weight is 354 g/mol. The minimum Gasteiger partial charge on any atom is -0.388 e. The Hall–Kier alpha value is -0.140. The van der Waals surface area contributed by atoms with Crippen molar-refractivity contribution in [1.29, 1.82) is 0 Å². The van der Waals surface area contributed by atoms with E-state index in [1.807, 2.05) is 24.3 Å². The minimum atomic E-state index is -2.92. The van der Waals surface area contributed by atoms with Crippen LogP contribution < -0.4 is 0 Å². The van der Waals surface area contributed by atoms with Crippen LogP contribution in [0.4, 0.5) is 0 Å². The maximum Gasteiger partial charge on any atom is 0.147 e. The van der Waals surface area contributed by atoms with Gasteiger partial charge in [-0.05, 0) is 53.1 Å². The molecular weight excluding hydrogens is 339 g/mol. The fraction of sp³-hybridized carbons (Fsp3) is 0.455. The van der Waals surface area contributed by atoms with E-state index in [0.717, 1.165) is 9.13 Å². The molecule has 16 heavy (non-hydrogen) atoms. The first-order chi connectivity index (χ1) is 7.38. The number of aliphatic hydroxyl groups is 1. The molecule has 1 unspecified atom stereocenters. The van der Waals surface area contributed by atoms with Crippen molar-refractivity contribution < 1.29 is 13.5 Å². The van der Waals surface area contributed by atoms with E-state index in [4.69, 9.17) is 0 Å². The molecule has 5 heteroatoms. The van der Waals surface area contributed by atoms with Crippen molar-refractivity contribution in [3.05, 3.63) is 33.4 Å². The molecular formula is C11H15IO3S. The number of hydrogen-bond acceptors (Lipinski definition) is 3. The molecule has 0 aliphatic rings. The minimum absolute atomic E-state index is 0.133. The van der Waals surface area contributed by atoms with Crippen LogP contribution in [0.3, 0.4) is 0 Å². The molecule has 1 atom stereocenters. The predicted molar refractivity (Wildman–Crippen MR) is 73.1 cm³/mol. The van der Waals surface area contributed by atoms with E-state index < -0.39 is 15.9 Å². The summed E-state index contributed by atoms with van der Waals surface area (Å²) in [6.07, 6.45) is 1.61. The average Bonchev–Trinajstić information content (AvgIpc) is 2.16. The maximum absolute atomic E-state index is 10.9. The molecule has 0 fully saturated rings. The van der Waals surface area contributed by atoms with Gasteiger partial charge in [0.1, 0.15) is 9.84 Å². The van der Waals surface area contributed by atoms with E-state index in [2.05, 4.69) is 22.6 Å². The standard InChI is InChI=1S/C11H15IO3S/c1-16(14,15)8-2-3-11(13)9-4-6-10(12)7-5-9/h4-7,11,13H,2-3,8H2,1H3. The Bertz CT molecular complexity index is 425. The Kier molecular flexibility index (Phi) is 5.20. The van der Waals surface area contributed by atoms with Crippen molar-refractivity contribution in [3.63, 3.8) is 0 Å². The van der Waals surface area contributed by atoms with Crippen LogP contribution in [0, 0.1) is 3.57 Å². The second-order valence-corrected chi connectivity index (χ2v) is 7.34. The van der Waals surface area contributed by atoms with Gasteiger partial charge in [0, 0.05) is 15.6 Å². The Morgan fingerprint density at radius 2 is 1.88 bits per heavy atom. The summed E-state index contributed by atoms with van der Waals surface area (Å²) in [6, 6.07) is 7.59. The number of hydrogen-bond donors (Lipinski definition) is 1. The number of sulfone groups is 1. The van der Waals surface area contributed by atoms with E-state index in [1.165, 1.54) is 6.26 Å². The number of rotatable bonds is 5. The van der Waals surface area contributed by atoms with Gasteiger partial charge in [0.15, 0.2) is 0 Å². The summed E-state index contributed by atoms with van der Waals surface area (Å²) in [5.74, 6) is 0.133. The maximum atomic E-state index is 10.9. The summed E-state index contributed by atoms with van der Waals surface area (Å²) in [6.45, 7) is 0. The van der Waals surface area contributed by atoms with Crippen molar-refractivity contribution >= 4 is 32.4 Å². The highest BCUT2D eigenvalue weighted by Crippen LogP contribution is 2.19. The normalized spacial score (nSPS) is 13.7. The van der Waals surface area contributed by atoms with Crippen LogP contribution in [0.25, 0.3) is 0 Å². The van der Waals surface area contributed by atoms with Gasteiger partial charge in [-0.3, -0.25) is 0 Å². The molecule has 0 spiro atoms. The zero-order valence-corrected chi connectivity index (χ0v) is 12.0. The third-order valence-electron chi connectivity index (χ3n) is 2.25. The molecule has 0 amide bonds. The molecule has 0 radical (unpaired) electrons. The van der Waals surface area contributed by atoms with E-state index in [-0.39, 0.29) is 5.75 Å². The molecule has 1 N–H and O–H groups in total. The van der Waals surface area contributed by atoms with E-state index in [9.17, 15) is 13.5 Å². The van der Waals surface area contributed by atoms with Crippen LogP contribution in [-0.2, 0) is 9.84 Å². The van der Waals surface area contributed by atoms with Gasteiger partial charge in [0.05, 0.1) is 6.10 Å². The lowest BCUT2D eigenvalue weighted by Crippen LogP contribution is -2.05. The van der Waals surface area contributed by atoms with Gasteiger partial charge in [-0.15, -0.1) is 0 Å². The van der Waals surface area contributed by atoms with Crippen LogP contribution in [0.1, 0.15) is 24.5 Å². The molecule has 1 aromatic carbocycles. The molecule has 0 bridgehead atoms. The van der Waals surface area contributed by atoms with Gasteiger partial charge >= 0.3 is 0 Å². The van der Waals surface area contributed by atoms with Gasteiger partial charge in [-0.2, -0.15) is 0 Å². The smallest absolute Gasteiger partial charge is 0.147 e. The highest BCUT2D eigenvalue weighted by molar-refractivity contribution is 14.1. The van der Waals surface area contributed by atoms with Gasteiger partial charge < -0.3 is 5.11 Å². The second kappa shape index (κ2) is 5.97. The largest absolute Gasteiger partial charge is 0.388 e. The number of aliphatic hydroxyl groups excluding tert-OH is 1. The Morgan fingerprint density at radius 1 is 1.31 bits per heavy atom. The molecule has 0 aromatic heterocycles. The molecule has 1 rings (SSSR count). The Morgan fingerprint density at radius 3 is 2.38 bits per heavy atom. The molecule has 0 saturated heterocycles. The van der Waals surface area contributed by atoms with E-state index >= 15 is 0 Å². The van der Waals surface area contributed by atoms with Crippen molar-refractivity contribution in [2.24, 2.45) is 0 Å². The third-order valence-corrected chi connectivity index (χ3v) is 4.00. The summed E-state index contributed by atoms with van der Waals surface area (Å²) in [7, 11) is -2.92. The van der Waals surface area contributed by atoms with Crippen molar-refractivity contribution in [1.82, 2.24) is 0 Å². The molecule has 3 nitrogen and oxygen atoms in total. The lowest BCUT2D eigenvalue weighted by Gasteiger charge is -2.10. The highest BCUT2D eigenvalue weighted by Gasteiger charge is 2.09. The lowest BCUT2D eigenvalue weighted by molar-refractivity contribution is 0.166. The monoisotopic (exact) mass is 354 g/mol. The van der Waals surface area contributed by atoms with E-state index in [0.29, 0.717) is 12.8 Å². The van der Waals surface area contributed by atoms with Gasteiger partial charge in [0.25, 0.3) is 0 Å². The Balaban J connectivity index is 2.47. The summed E-state index contributed by atoms with van der Waals surface area (Å²) in [4.78, 5) is 0. The second-order valence-electron chi connectivity index (χ2n) is 3.84. The molecule has 0 heterocycles. The molecule has 0 aliphatic heterocycles. The van der Waals surface area contributed by atoms with Crippen molar-refractivity contribution in [2.75, 3.05) is 12.0 Å². The van der Waals surface area contributed by atoms with Crippen molar-refractivity contribution in [3.8, 4) is 0 Å². The zero-order chi connectivity index (χ0) is 12.2. The Labute approximate surface area is 110 Å².